The minimum Gasteiger partial charge on any atom is -0.495 e. The highest BCUT2D eigenvalue weighted by molar-refractivity contribution is 6.32. The summed E-state index contributed by atoms with van der Waals surface area (Å²) in [6, 6.07) is 10.9. The van der Waals surface area contributed by atoms with E-state index in [1.807, 2.05) is 0 Å². The smallest absolute Gasteiger partial charge is 0.239 e. The lowest BCUT2D eigenvalue weighted by atomic mass is 9.91. The van der Waals surface area contributed by atoms with Gasteiger partial charge in [0, 0.05) is 12.2 Å². The van der Waals surface area contributed by atoms with Gasteiger partial charge in [0.1, 0.15) is 17.0 Å². The molecule has 0 aliphatic heterocycles. The van der Waals surface area contributed by atoms with Crippen molar-refractivity contribution in [3.8, 4) is 5.75 Å². The third kappa shape index (κ3) is 5.44. The second kappa shape index (κ2) is 8.86. The summed E-state index contributed by atoms with van der Waals surface area (Å²) >= 11 is 6.05. The van der Waals surface area contributed by atoms with Gasteiger partial charge in [-0.05, 0) is 56.2 Å². The fraction of sp³-hybridized carbons (Fsp3) is 0.300. The Bertz CT molecular complexity index is 822. The zero-order valence-corrected chi connectivity index (χ0v) is 16.2. The number of anilines is 1. The Kier molecular flexibility index (Phi) is 6.80. The molecule has 0 radical (unpaired) electrons. The molecule has 0 saturated carbocycles. The molecule has 0 fully saturated rings. The van der Waals surface area contributed by atoms with E-state index in [4.69, 9.17) is 16.3 Å². The summed E-state index contributed by atoms with van der Waals surface area (Å²) in [5.74, 6) is -0.670. The molecule has 7 heteroatoms. The standard InChI is InChI=1S/C20H22ClFN2O3/c1-20(2,18(25)23-11-10-13-4-6-14(22)7-5-13)19(26)24-15-8-9-17(27-3)16(21)12-15/h4-9,12H,10-11H2,1-3H3,(H,23,25)(H,24,26). The minimum atomic E-state index is -1.28. The average molecular weight is 393 g/mol. The predicted octanol–water partition coefficient (Wildman–Crippen LogP) is 3.81. The first-order valence-electron chi connectivity index (χ1n) is 8.42. The molecule has 27 heavy (non-hydrogen) atoms. The van der Waals surface area contributed by atoms with Crippen LogP contribution in [0.25, 0.3) is 0 Å². The lowest BCUT2D eigenvalue weighted by Crippen LogP contribution is -2.45. The number of carbonyl (C=O) groups excluding carboxylic acids is 2. The second-order valence-electron chi connectivity index (χ2n) is 6.56. The molecule has 0 bridgehead atoms. The van der Waals surface area contributed by atoms with Crippen molar-refractivity contribution < 1.29 is 18.7 Å². The predicted molar refractivity (Wildman–Crippen MR) is 104 cm³/mol. The average Bonchev–Trinajstić information content (AvgIpc) is 2.63. The zero-order chi connectivity index (χ0) is 20.0. The maximum Gasteiger partial charge on any atom is 0.239 e. The molecule has 0 heterocycles. The Hall–Kier alpha value is -2.60. The molecule has 2 aromatic carbocycles. The van der Waals surface area contributed by atoms with Crippen LogP contribution in [0.5, 0.6) is 5.75 Å². The SMILES string of the molecule is COc1ccc(NC(=O)C(C)(C)C(=O)NCCc2ccc(F)cc2)cc1Cl. The van der Waals surface area contributed by atoms with E-state index in [0.717, 1.165) is 5.56 Å². The van der Waals surface area contributed by atoms with E-state index in [1.54, 1.807) is 44.2 Å². The maximum atomic E-state index is 12.9. The summed E-state index contributed by atoms with van der Waals surface area (Å²) in [5.41, 5.74) is 0.0830. The molecule has 5 nitrogen and oxygen atoms in total. The third-order valence-corrected chi connectivity index (χ3v) is 4.45. The van der Waals surface area contributed by atoms with Crippen molar-refractivity contribution in [2.24, 2.45) is 5.41 Å². The van der Waals surface area contributed by atoms with Crippen LogP contribution < -0.4 is 15.4 Å². The summed E-state index contributed by atoms with van der Waals surface area (Å²) < 4.78 is 18.0. The van der Waals surface area contributed by atoms with Gasteiger partial charge >= 0.3 is 0 Å². The molecule has 0 saturated heterocycles. The Labute approximate surface area is 162 Å². The highest BCUT2D eigenvalue weighted by Crippen LogP contribution is 2.28. The van der Waals surface area contributed by atoms with Gasteiger partial charge in [-0.15, -0.1) is 0 Å². The molecule has 2 rings (SSSR count). The van der Waals surface area contributed by atoms with E-state index >= 15 is 0 Å². The normalized spacial score (nSPS) is 11.0. The molecule has 144 valence electrons. The topological polar surface area (TPSA) is 67.4 Å². The van der Waals surface area contributed by atoms with Crippen LogP contribution in [0.15, 0.2) is 42.5 Å². The molecular formula is C20H22ClFN2O3. The van der Waals surface area contributed by atoms with Crippen molar-refractivity contribution in [2.45, 2.75) is 20.3 Å². The van der Waals surface area contributed by atoms with Crippen LogP contribution >= 0.6 is 11.6 Å². The number of hydrogen-bond donors (Lipinski definition) is 2. The first-order valence-corrected chi connectivity index (χ1v) is 8.79. The van der Waals surface area contributed by atoms with E-state index in [-0.39, 0.29) is 5.82 Å². The molecular weight excluding hydrogens is 371 g/mol. The van der Waals surface area contributed by atoms with Gasteiger partial charge in [0.2, 0.25) is 11.8 Å². The summed E-state index contributed by atoms with van der Waals surface area (Å²) in [7, 11) is 1.50. The van der Waals surface area contributed by atoms with Crippen LogP contribution in [0.2, 0.25) is 5.02 Å². The summed E-state index contributed by atoms with van der Waals surface area (Å²) in [4.78, 5) is 25.0. The van der Waals surface area contributed by atoms with Crippen LogP contribution in [-0.4, -0.2) is 25.5 Å². The first kappa shape index (κ1) is 20.7. The van der Waals surface area contributed by atoms with Crippen LogP contribution in [-0.2, 0) is 16.0 Å². The van der Waals surface area contributed by atoms with Crippen LogP contribution in [0.1, 0.15) is 19.4 Å². The van der Waals surface area contributed by atoms with Crippen molar-refractivity contribution in [3.05, 3.63) is 58.9 Å². The van der Waals surface area contributed by atoms with Crippen molar-refractivity contribution in [3.63, 3.8) is 0 Å². The number of carbonyl (C=O) groups is 2. The van der Waals surface area contributed by atoms with Crippen LogP contribution in [0, 0.1) is 11.2 Å². The number of hydrogen-bond acceptors (Lipinski definition) is 3. The first-order chi connectivity index (χ1) is 12.7. The van der Waals surface area contributed by atoms with E-state index in [0.29, 0.717) is 29.4 Å². The van der Waals surface area contributed by atoms with Gasteiger partial charge in [0.15, 0.2) is 0 Å². The van der Waals surface area contributed by atoms with Gasteiger partial charge in [-0.3, -0.25) is 9.59 Å². The highest BCUT2D eigenvalue weighted by Gasteiger charge is 2.35. The highest BCUT2D eigenvalue weighted by atomic mass is 35.5. The molecule has 0 aromatic heterocycles. The van der Waals surface area contributed by atoms with Crippen molar-refractivity contribution >= 4 is 29.1 Å². The molecule has 2 N–H and O–H groups in total. The van der Waals surface area contributed by atoms with E-state index < -0.39 is 17.2 Å². The zero-order valence-electron chi connectivity index (χ0n) is 15.4. The Morgan fingerprint density at radius 1 is 1.11 bits per heavy atom. The molecule has 0 atom stereocenters. The summed E-state index contributed by atoms with van der Waals surface area (Å²) in [6.45, 7) is 3.43. The molecule has 0 unspecified atom stereocenters. The number of benzene rings is 2. The van der Waals surface area contributed by atoms with Crippen molar-refractivity contribution in [1.82, 2.24) is 5.32 Å². The van der Waals surface area contributed by atoms with Gasteiger partial charge in [0.05, 0.1) is 12.1 Å². The monoisotopic (exact) mass is 392 g/mol. The Morgan fingerprint density at radius 2 is 1.78 bits per heavy atom. The van der Waals surface area contributed by atoms with Crippen molar-refractivity contribution in [2.75, 3.05) is 19.0 Å². The molecule has 0 aliphatic carbocycles. The number of rotatable bonds is 7. The molecule has 2 aromatic rings. The van der Waals surface area contributed by atoms with Gasteiger partial charge in [-0.1, -0.05) is 23.7 Å². The fourth-order valence-corrected chi connectivity index (χ4v) is 2.58. The lowest BCUT2D eigenvalue weighted by molar-refractivity contribution is -0.138. The number of methoxy groups -OCH3 is 1. The molecule has 0 aliphatic rings. The van der Waals surface area contributed by atoms with E-state index in [1.165, 1.54) is 19.2 Å². The fourth-order valence-electron chi connectivity index (χ4n) is 2.33. The van der Waals surface area contributed by atoms with Crippen LogP contribution in [0.4, 0.5) is 10.1 Å². The van der Waals surface area contributed by atoms with Gasteiger partial charge in [-0.2, -0.15) is 0 Å². The maximum absolute atomic E-state index is 12.9. The van der Waals surface area contributed by atoms with Crippen molar-refractivity contribution in [1.29, 1.82) is 0 Å². The van der Waals surface area contributed by atoms with Gasteiger partial charge < -0.3 is 15.4 Å². The van der Waals surface area contributed by atoms with Gasteiger partial charge in [0.25, 0.3) is 0 Å². The number of ether oxygens (including phenoxy) is 1. The molecule has 2 amide bonds. The largest absolute Gasteiger partial charge is 0.495 e. The summed E-state index contributed by atoms with van der Waals surface area (Å²) in [6.07, 6.45) is 0.539. The number of amides is 2. The third-order valence-electron chi connectivity index (χ3n) is 4.16. The quantitative estimate of drug-likeness (QED) is 0.704. The number of nitrogens with one attached hydrogen (secondary N) is 2. The van der Waals surface area contributed by atoms with Gasteiger partial charge in [-0.25, -0.2) is 4.39 Å². The molecule has 0 spiro atoms. The minimum absolute atomic E-state index is 0.306. The van der Waals surface area contributed by atoms with Crippen LogP contribution in [0.3, 0.4) is 0 Å². The Morgan fingerprint density at radius 3 is 2.37 bits per heavy atom. The summed E-state index contributed by atoms with van der Waals surface area (Å²) in [5, 5.41) is 5.79. The van der Waals surface area contributed by atoms with E-state index in [9.17, 15) is 14.0 Å². The number of halogens is 2. The van der Waals surface area contributed by atoms with E-state index in [2.05, 4.69) is 10.6 Å². The second-order valence-corrected chi connectivity index (χ2v) is 6.97. The lowest BCUT2D eigenvalue weighted by Gasteiger charge is -2.23. The Balaban J connectivity index is 1.92.